The minimum absolute atomic E-state index is 0.219. The smallest absolute Gasteiger partial charge is 0.266 e. The molecule has 0 saturated heterocycles. The van der Waals surface area contributed by atoms with Gasteiger partial charge in [-0.1, -0.05) is 20.3 Å². The molecule has 1 amide bonds. The average Bonchev–Trinajstić information content (AvgIpc) is 3.32. The molecule has 10 nitrogen and oxygen atoms in total. The number of aromatic nitrogens is 4. The van der Waals surface area contributed by atoms with Crippen molar-refractivity contribution in [3.63, 3.8) is 0 Å². The molecule has 0 spiro atoms. The Hall–Kier alpha value is -3.28. The molecule has 186 valence electrons. The highest BCUT2D eigenvalue weighted by atomic mass is 31.1. The van der Waals surface area contributed by atoms with Gasteiger partial charge < -0.3 is 21.7 Å². The van der Waals surface area contributed by atoms with Gasteiger partial charge >= 0.3 is 0 Å². The first-order valence-electron chi connectivity index (χ1n) is 12.0. The summed E-state index contributed by atoms with van der Waals surface area (Å²) < 4.78 is 0. The lowest BCUT2D eigenvalue weighted by molar-refractivity contribution is 0.0995. The normalized spacial score (nSPS) is 13.1. The lowest BCUT2D eigenvalue weighted by atomic mass is 10.1. The summed E-state index contributed by atoms with van der Waals surface area (Å²) in [6.07, 6.45) is 7.59. The molecule has 0 saturated carbocycles. The number of hydrogen-bond donors (Lipinski definition) is 5. The molecule has 11 heteroatoms. The van der Waals surface area contributed by atoms with E-state index in [1.54, 1.807) is 12.3 Å². The van der Waals surface area contributed by atoms with Crippen LogP contribution in [0.2, 0.25) is 0 Å². The van der Waals surface area contributed by atoms with E-state index in [9.17, 15) is 4.79 Å². The van der Waals surface area contributed by atoms with Crippen LogP contribution in [0.15, 0.2) is 30.5 Å². The number of nitrogens with one attached hydrogen (secondary N) is 4. The second kappa shape index (κ2) is 13.6. The van der Waals surface area contributed by atoms with Crippen molar-refractivity contribution >= 4 is 42.8 Å². The lowest BCUT2D eigenvalue weighted by Gasteiger charge is -2.26. The number of rotatable bonds is 15. The van der Waals surface area contributed by atoms with E-state index in [2.05, 4.69) is 51.0 Å². The summed E-state index contributed by atoms with van der Waals surface area (Å²) in [4.78, 5) is 20.7. The Bertz CT molecular complexity index is 1140. The molecule has 0 aliphatic heterocycles. The number of anilines is 3. The Labute approximate surface area is 207 Å². The molecule has 3 atom stereocenters. The molecule has 35 heavy (non-hydrogen) atoms. The number of fused-ring (bicyclic) bond motifs is 1. The Morgan fingerprint density at radius 1 is 1.29 bits per heavy atom. The predicted molar refractivity (Wildman–Crippen MR) is 143 cm³/mol. The number of H-pyrrole nitrogens is 1. The van der Waals surface area contributed by atoms with E-state index in [-0.39, 0.29) is 11.7 Å². The van der Waals surface area contributed by atoms with Gasteiger partial charge in [0, 0.05) is 48.8 Å². The van der Waals surface area contributed by atoms with Gasteiger partial charge in [-0.05, 0) is 37.3 Å². The minimum atomic E-state index is -0.578. The van der Waals surface area contributed by atoms with Crippen LogP contribution in [0.4, 0.5) is 17.5 Å². The summed E-state index contributed by atoms with van der Waals surface area (Å²) in [6.45, 7) is 5.07. The van der Waals surface area contributed by atoms with Gasteiger partial charge in [0.25, 0.3) is 5.91 Å². The quantitative estimate of drug-likeness (QED) is 0.158. The van der Waals surface area contributed by atoms with Crippen molar-refractivity contribution in [2.45, 2.75) is 51.6 Å². The Morgan fingerprint density at radius 2 is 2.14 bits per heavy atom. The van der Waals surface area contributed by atoms with Crippen molar-refractivity contribution in [3.8, 4) is 6.07 Å². The molecular formula is C24H34N9OP. The van der Waals surface area contributed by atoms with Crippen molar-refractivity contribution in [1.82, 2.24) is 25.5 Å². The number of hydrogen-bond acceptors (Lipinski definition) is 8. The zero-order valence-corrected chi connectivity index (χ0v) is 21.3. The maximum absolute atomic E-state index is 11.4. The molecule has 0 radical (unpaired) electrons. The fourth-order valence-electron chi connectivity index (χ4n) is 3.80. The highest BCUT2D eigenvalue weighted by Crippen LogP contribution is 2.27. The van der Waals surface area contributed by atoms with Crippen molar-refractivity contribution in [1.29, 1.82) is 5.26 Å². The van der Waals surface area contributed by atoms with Gasteiger partial charge in [-0.3, -0.25) is 14.9 Å². The number of carbonyl (C=O) groups is 1. The van der Waals surface area contributed by atoms with Gasteiger partial charge in [0.05, 0.1) is 11.6 Å². The van der Waals surface area contributed by atoms with Crippen LogP contribution in [0.5, 0.6) is 0 Å². The third-order valence-corrected chi connectivity index (χ3v) is 7.22. The van der Waals surface area contributed by atoms with Gasteiger partial charge in [0.1, 0.15) is 17.3 Å². The number of nitrogens with zero attached hydrogens (tertiary/aromatic N) is 4. The third-order valence-electron chi connectivity index (χ3n) is 5.59. The number of nitrogens with two attached hydrogens (primary N) is 1. The van der Waals surface area contributed by atoms with E-state index in [1.165, 1.54) is 12.6 Å². The van der Waals surface area contributed by atoms with Crippen LogP contribution in [0, 0.1) is 11.3 Å². The molecule has 0 bridgehead atoms. The molecule has 3 aromatic rings. The van der Waals surface area contributed by atoms with Gasteiger partial charge in [0.15, 0.2) is 5.82 Å². The SMILES string of the molecule is CCCPCC(CC(CC)NCCC#N)Nc1nc(Nc2cc(C(N)=O)[nH]n2)cc2ncccc12. The monoisotopic (exact) mass is 495 g/mol. The highest BCUT2D eigenvalue weighted by Gasteiger charge is 2.18. The third kappa shape index (κ3) is 7.88. The molecular weight excluding hydrogens is 461 g/mol. The fourth-order valence-corrected chi connectivity index (χ4v) is 4.98. The molecule has 3 heterocycles. The maximum Gasteiger partial charge on any atom is 0.266 e. The van der Waals surface area contributed by atoms with Crippen molar-refractivity contribution < 1.29 is 4.79 Å². The van der Waals surface area contributed by atoms with Crippen LogP contribution in [-0.2, 0) is 0 Å². The molecule has 0 aliphatic rings. The Morgan fingerprint density at radius 3 is 2.86 bits per heavy atom. The van der Waals surface area contributed by atoms with Gasteiger partial charge in [-0.2, -0.15) is 10.4 Å². The number of pyridine rings is 2. The molecule has 0 fully saturated rings. The van der Waals surface area contributed by atoms with Crippen LogP contribution in [0.1, 0.15) is 50.0 Å². The van der Waals surface area contributed by atoms with Crippen molar-refractivity contribution in [2.24, 2.45) is 5.73 Å². The lowest BCUT2D eigenvalue weighted by Crippen LogP contribution is -2.36. The summed E-state index contributed by atoms with van der Waals surface area (Å²) >= 11 is 0. The molecule has 0 aromatic carbocycles. The van der Waals surface area contributed by atoms with Crippen LogP contribution in [0.25, 0.3) is 10.9 Å². The second-order valence-corrected chi connectivity index (χ2v) is 9.74. The number of carbonyl (C=O) groups excluding carboxylic acids is 1. The van der Waals surface area contributed by atoms with Crippen LogP contribution in [-0.4, -0.2) is 57.0 Å². The summed E-state index contributed by atoms with van der Waals surface area (Å²) in [6, 6.07) is 10.1. The first-order valence-corrected chi connectivity index (χ1v) is 13.4. The van der Waals surface area contributed by atoms with Gasteiger partial charge in [-0.25, -0.2) is 4.98 Å². The summed E-state index contributed by atoms with van der Waals surface area (Å²) in [5.41, 5.74) is 6.34. The Kier molecular flexibility index (Phi) is 10.2. The molecule has 0 aliphatic carbocycles. The fraction of sp³-hybridized carbons (Fsp3) is 0.458. The highest BCUT2D eigenvalue weighted by molar-refractivity contribution is 7.38. The second-order valence-electron chi connectivity index (χ2n) is 8.33. The van der Waals surface area contributed by atoms with E-state index in [0.29, 0.717) is 30.6 Å². The van der Waals surface area contributed by atoms with E-state index in [4.69, 9.17) is 16.0 Å². The largest absolute Gasteiger partial charge is 0.366 e. The van der Waals surface area contributed by atoms with Crippen LogP contribution < -0.4 is 21.7 Å². The molecule has 3 unspecified atom stereocenters. The molecule has 3 aromatic heterocycles. The average molecular weight is 496 g/mol. The number of nitriles is 1. The summed E-state index contributed by atoms with van der Waals surface area (Å²) in [7, 11) is 0.860. The number of primary amides is 1. The standard InChI is InChI=1S/C24H34N9OP/c1-3-11-35-15-17(12-16(4-2)27-10-6-8-25)29-24-18-7-5-9-28-19(18)13-21(31-24)30-22-14-20(23(26)34)32-33-22/h5,7,9,13-14,16-17,27,35H,3-4,6,10-12,15H2,1-2H3,(H2,26,34)(H3,29,30,31,32,33). The van der Waals surface area contributed by atoms with Gasteiger partial charge in [-0.15, -0.1) is 8.58 Å². The molecule has 6 N–H and O–H groups in total. The number of amides is 1. The van der Waals surface area contributed by atoms with E-state index in [0.717, 1.165) is 44.3 Å². The number of aromatic amines is 1. The van der Waals surface area contributed by atoms with Gasteiger partial charge in [0.2, 0.25) is 0 Å². The minimum Gasteiger partial charge on any atom is -0.366 e. The van der Waals surface area contributed by atoms with Crippen molar-refractivity contribution in [2.75, 3.05) is 29.5 Å². The Balaban J connectivity index is 1.85. The molecule has 3 rings (SSSR count). The maximum atomic E-state index is 11.4. The first-order chi connectivity index (χ1) is 17.0. The van der Waals surface area contributed by atoms with Crippen LogP contribution >= 0.6 is 8.58 Å². The zero-order chi connectivity index (χ0) is 25.0. The predicted octanol–water partition coefficient (Wildman–Crippen LogP) is 3.74. The van der Waals surface area contributed by atoms with Crippen molar-refractivity contribution in [3.05, 3.63) is 36.2 Å². The zero-order valence-electron chi connectivity index (χ0n) is 20.3. The summed E-state index contributed by atoms with van der Waals surface area (Å²) in [5, 5.41) is 26.9. The van der Waals surface area contributed by atoms with E-state index >= 15 is 0 Å². The summed E-state index contributed by atoms with van der Waals surface area (Å²) in [5.74, 6) is 1.18. The van der Waals surface area contributed by atoms with E-state index < -0.39 is 5.91 Å². The van der Waals surface area contributed by atoms with Crippen LogP contribution in [0.3, 0.4) is 0 Å². The topological polar surface area (TPSA) is 157 Å². The first kappa shape index (κ1) is 26.3. The van der Waals surface area contributed by atoms with E-state index in [1.807, 2.05) is 18.2 Å².